The van der Waals surface area contributed by atoms with Gasteiger partial charge in [-0.1, -0.05) is 17.7 Å². The summed E-state index contributed by atoms with van der Waals surface area (Å²) in [6.07, 6.45) is 2.04. The van der Waals surface area contributed by atoms with Gasteiger partial charge in [0, 0.05) is 21.1 Å². The molecule has 23 heavy (non-hydrogen) atoms. The van der Waals surface area contributed by atoms with E-state index in [1.165, 1.54) is 0 Å². The molecule has 1 heterocycles. The van der Waals surface area contributed by atoms with Crippen LogP contribution in [-0.4, -0.2) is 49.1 Å². The minimum absolute atomic E-state index is 0.0437. The normalized spacial score (nSPS) is 17.8. The Bertz CT molecular complexity index is 579. The second-order valence-electron chi connectivity index (χ2n) is 6.08. The average Bonchev–Trinajstić information content (AvgIpc) is 2.52. The number of piperidine rings is 1. The fourth-order valence-corrected chi connectivity index (χ4v) is 4.09. The molecule has 128 valence electrons. The van der Waals surface area contributed by atoms with E-state index >= 15 is 0 Å². The molecule has 7 heteroatoms. The number of amides is 2. The van der Waals surface area contributed by atoms with E-state index in [0.717, 1.165) is 39.5 Å². The number of rotatable bonds is 3. The van der Waals surface area contributed by atoms with Crippen molar-refractivity contribution >= 4 is 56.2 Å². The van der Waals surface area contributed by atoms with Crippen LogP contribution < -0.4 is 5.32 Å². The number of nitrogens with one attached hydrogen (secondary N) is 1. The zero-order chi connectivity index (χ0) is 17.1. The van der Waals surface area contributed by atoms with E-state index in [9.17, 15) is 4.79 Å². The average molecular weight is 515 g/mol. The molecule has 1 aliphatic heterocycles. The van der Waals surface area contributed by atoms with Crippen molar-refractivity contribution in [2.75, 3.05) is 27.2 Å². The van der Waals surface area contributed by atoms with Crippen LogP contribution in [0, 0.1) is 3.57 Å². The molecular weight excluding hydrogens is 492 g/mol. The topological polar surface area (TPSA) is 35.6 Å². The number of nitrogens with zero attached hydrogens (tertiary/aromatic N) is 2. The number of carbonyl (C=O) groups is 1. The first kappa shape index (κ1) is 19.3. The van der Waals surface area contributed by atoms with Crippen molar-refractivity contribution < 1.29 is 4.79 Å². The molecule has 1 aliphatic rings. The number of carbonyl (C=O) groups excluding carboxylic acids is 1. The largest absolute Gasteiger partial charge is 0.331 e. The van der Waals surface area contributed by atoms with Crippen molar-refractivity contribution in [1.29, 1.82) is 0 Å². The lowest BCUT2D eigenvalue weighted by molar-refractivity contribution is 0.146. The van der Waals surface area contributed by atoms with E-state index in [1.807, 2.05) is 31.0 Å². The number of likely N-dealkylation sites (tertiary alicyclic amines) is 1. The Balaban J connectivity index is 2.01. The Hall–Kier alpha value is -0.0500. The Morgan fingerprint density at radius 2 is 2.09 bits per heavy atom. The van der Waals surface area contributed by atoms with E-state index in [4.69, 9.17) is 11.6 Å². The molecule has 1 N–H and O–H groups in total. The first-order valence-corrected chi connectivity index (χ1v) is 9.91. The van der Waals surface area contributed by atoms with Gasteiger partial charge < -0.3 is 15.1 Å². The fraction of sp³-hybridized carbons (Fsp3) is 0.562. The molecule has 2 amide bonds. The molecule has 1 unspecified atom stereocenters. The van der Waals surface area contributed by atoms with Gasteiger partial charge in [0.15, 0.2) is 0 Å². The Morgan fingerprint density at radius 1 is 1.48 bits per heavy atom. The maximum Gasteiger partial charge on any atom is 0.317 e. The summed E-state index contributed by atoms with van der Waals surface area (Å²) in [7, 11) is 4.00. The number of hydrogen-bond donors (Lipinski definition) is 1. The fourth-order valence-electron chi connectivity index (χ4n) is 2.79. The molecule has 1 atom stereocenters. The first-order chi connectivity index (χ1) is 10.8. The molecular formula is C16H22BrClIN3O. The van der Waals surface area contributed by atoms with Gasteiger partial charge in [0.2, 0.25) is 0 Å². The van der Waals surface area contributed by atoms with Gasteiger partial charge in [-0.05, 0) is 90.1 Å². The molecule has 1 fully saturated rings. The lowest BCUT2D eigenvalue weighted by Gasteiger charge is -2.35. The highest BCUT2D eigenvalue weighted by atomic mass is 127. The van der Waals surface area contributed by atoms with Crippen LogP contribution >= 0.6 is 50.1 Å². The zero-order valence-corrected chi connectivity index (χ0v) is 18.1. The summed E-state index contributed by atoms with van der Waals surface area (Å²) in [5, 5.41) is 3.72. The monoisotopic (exact) mass is 513 g/mol. The van der Waals surface area contributed by atoms with Gasteiger partial charge in [-0.25, -0.2) is 4.79 Å². The van der Waals surface area contributed by atoms with Gasteiger partial charge in [0.1, 0.15) is 0 Å². The van der Waals surface area contributed by atoms with Crippen LogP contribution in [0.25, 0.3) is 0 Å². The molecule has 0 bridgehead atoms. The Labute approximate surface area is 165 Å². The highest BCUT2D eigenvalue weighted by molar-refractivity contribution is 14.1. The van der Waals surface area contributed by atoms with E-state index in [0.29, 0.717) is 11.1 Å². The van der Waals surface area contributed by atoms with Crippen molar-refractivity contribution in [3.63, 3.8) is 0 Å². The van der Waals surface area contributed by atoms with Crippen molar-refractivity contribution in [2.24, 2.45) is 0 Å². The predicted octanol–water partition coefficient (Wildman–Crippen LogP) is 4.50. The molecule has 4 nitrogen and oxygen atoms in total. The third-order valence-corrected chi connectivity index (χ3v) is 7.53. The van der Waals surface area contributed by atoms with Gasteiger partial charge >= 0.3 is 6.03 Å². The second kappa shape index (κ2) is 8.36. The third kappa shape index (κ3) is 4.74. The van der Waals surface area contributed by atoms with Crippen LogP contribution in [0.15, 0.2) is 16.6 Å². The molecule has 1 aromatic carbocycles. The van der Waals surface area contributed by atoms with Crippen LogP contribution in [0.1, 0.15) is 31.4 Å². The maximum absolute atomic E-state index is 12.5. The van der Waals surface area contributed by atoms with Crippen LogP contribution in [0.3, 0.4) is 0 Å². The summed E-state index contributed by atoms with van der Waals surface area (Å²) in [6, 6.07) is 4.08. The highest BCUT2D eigenvalue weighted by Gasteiger charge is 2.25. The highest BCUT2D eigenvalue weighted by Crippen LogP contribution is 2.34. The summed E-state index contributed by atoms with van der Waals surface area (Å²) in [6.45, 7) is 4.03. The Kier molecular flexibility index (Phi) is 7.01. The first-order valence-electron chi connectivity index (χ1n) is 7.66. The van der Waals surface area contributed by atoms with Crippen LogP contribution in [-0.2, 0) is 0 Å². The summed E-state index contributed by atoms with van der Waals surface area (Å²) >= 11 is 12.1. The molecule has 2 rings (SSSR count). The SMILES string of the molecule is CC(NC(=O)N(C)C1CCN(C)CC1)c1ccc(I)c(Br)c1Cl. The summed E-state index contributed by atoms with van der Waals surface area (Å²) in [5.41, 5.74) is 0.920. The predicted molar refractivity (Wildman–Crippen MR) is 107 cm³/mol. The quantitative estimate of drug-likeness (QED) is 0.476. The zero-order valence-electron chi connectivity index (χ0n) is 13.6. The second-order valence-corrected chi connectivity index (χ2v) is 8.41. The van der Waals surface area contributed by atoms with Crippen LogP contribution in [0.2, 0.25) is 5.02 Å². The molecule has 0 spiro atoms. The van der Waals surface area contributed by atoms with Gasteiger partial charge in [-0.15, -0.1) is 0 Å². The maximum atomic E-state index is 12.5. The number of urea groups is 1. The van der Waals surface area contributed by atoms with Crippen molar-refractivity contribution in [3.05, 3.63) is 30.8 Å². The van der Waals surface area contributed by atoms with Gasteiger partial charge in [0.25, 0.3) is 0 Å². The van der Waals surface area contributed by atoms with Crippen LogP contribution in [0.5, 0.6) is 0 Å². The minimum Gasteiger partial charge on any atom is -0.331 e. The standard InChI is InChI=1S/C16H22BrClIN3O/c1-10(12-4-5-13(19)14(17)15(12)18)20-16(23)22(3)11-6-8-21(2)9-7-11/h4-5,10-11H,6-9H2,1-3H3,(H,20,23). The van der Waals surface area contributed by atoms with E-state index in [1.54, 1.807) is 0 Å². The summed E-state index contributed by atoms with van der Waals surface area (Å²) in [4.78, 5) is 16.6. The summed E-state index contributed by atoms with van der Waals surface area (Å²) in [5.74, 6) is 0. The number of halogens is 3. The van der Waals surface area contributed by atoms with Gasteiger partial charge in [-0.3, -0.25) is 0 Å². The van der Waals surface area contributed by atoms with E-state index in [-0.39, 0.29) is 12.1 Å². The lowest BCUT2D eigenvalue weighted by atomic mass is 10.0. The smallest absolute Gasteiger partial charge is 0.317 e. The molecule has 1 aromatic rings. The number of hydrogen-bond acceptors (Lipinski definition) is 2. The van der Waals surface area contributed by atoms with Crippen LogP contribution in [0.4, 0.5) is 4.79 Å². The van der Waals surface area contributed by atoms with Crippen molar-refractivity contribution in [3.8, 4) is 0 Å². The van der Waals surface area contributed by atoms with E-state index in [2.05, 4.69) is 55.8 Å². The van der Waals surface area contributed by atoms with Crippen molar-refractivity contribution in [1.82, 2.24) is 15.1 Å². The van der Waals surface area contributed by atoms with Gasteiger partial charge in [0.05, 0.1) is 11.1 Å². The number of benzene rings is 1. The minimum atomic E-state index is -0.142. The molecule has 0 aliphatic carbocycles. The molecule has 0 aromatic heterocycles. The molecule has 1 saturated heterocycles. The summed E-state index contributed by atoms with van der Waals surface area (Å²) < 4.78 is 1.93. The van der Waals surface area contributed by atoms with Crippen molar-refractivity contribution in [2.45, 2.75) is 31.8 Å². The Morgan fingerprint density at radius 3 is 2.70 bits per heavy atom. The van der Waals surface area contributed by atoms with E-state index < -0.39 is 0 Å². The van der Waals surface area contributed by atoms with Gasteiger partial charge in [-0.2, -0.15) is 0 Å². The molecule has 0 saturated carbocycles. The third-order valence-electron chi connectivity index (χ3n) is 4.43. The molecule has 0 radical (unpaired) electrons. The lowest BCUT2D eigenvalue weighted by Crippen LogP contribution is -2.48.